The van der Waals surface area contributed by atoms with Gasteiger partial charge in [0.1, 0.15) is 5.75 Å². The highest BCUT2D eigenvalue weighted by molar-refractivity contribution is 6.26. The number of methoxy groups -OCH3 is 1. The molecule has 1 aliphatic heterocycles. The zero-order valence-corrected chi connectivity index (χ0v) is 15.0. The zero-order chi connectivity index (χ0) is 19.2. The molecular weight excluding hydrogens is 346 g/mol. The second-order valence-electron chi connectivity index (χ2n) is 5.63. The summed E-state index contributed by atoms with van der Waals surface area (Å²) in [6.45, 7) is 1.83. The Hall–Kier alpha value is -3.54. The Labute approximate surface area is 157 Å². The summed E-state index contributed by atoms with van der Waals surface area (Å²) in [4.78, 5) is 25.0. The Balaban J connectivity index is 1.93. The molecule has 0 spiro atoms. The molecule has 1 heterocycles. The normalized spacial score (nSPS) is 14.9. The van der Waals surface area contributed by atoms with Gasteiger partial charge in [-0.15, -0.1) is 0 Å². The van der Waals surface area contributed by atoms with E-state index in [4.69, 9.17) is 14.2 Å². The van der Waals surface area contributed by atoms with Crippen LogP contribution in [0, 0.1) is 0 Å². The van der Waals surface area contributed by atoms with E-state index in [-0.39, 0.29) is 23.8 Å². The van der Waals surface area contributed by atoms with Crippen LogP contribution in [-0.2, 0) is 19.1 Å². The van der Waals surface area contributed by atoms with Crippen LogP contribution >= 0.6 is 0 Å². The number of ketones is 1. The largest absolute Gasteiger partial charge is 0.497 e. The number of benzene rings is 2. The third-order valence-electron chi connectivity index (χ3n) is 3.79. The topological polar surface area (TPSA) is 73.9 Å². The van der Waals surface area contributed by atoms with Crippen molar-refractivity contribution in [3.63, 3.8) is 0 Å². The van der Waals surface area contributed by atoms with Crippen LogP contribution in [0.25, 0.3) is 6.08 Å². The molecule has 27 heavy (non-hydrogen) atoms. The Kier molecular flexibility index (Phi) is 5.56. The Bertz CT molecular complexity index is 915. The molecule has 0 aromatic heterocycles. The fraction of sp³-hybridized carbons (Fsp3) is 0.143. The summed E-state index contributed by atoms with van der Waals surface area (Å²) in [5, 5.41) is 2.97. The molecular formula is C21H19NO5. The molecule has 2 aromatic rings. The lowest BCUT2D eigenvalue weighted by molar-refractivity contribution is -0.139. The molecule has 0 saturated carbocycles. The first-order valence-corrected chi connectivity index (χ1v) is 8.44. The highest BCUT2D eigenvalue weighted by Crippen LogP contribution is 2.29. The SMILES string of the molecule is CCOC(=O)C1=C(Nc2ccccc2)OC(=Cc2cccc(OC)c2)C1=O. The van der Waals surface area contributed by atoms with E-state index in [0.29, 0.717) is 17.0 Å². The van der Waals surface area contributed by atoms with Crippen molar-refractivity contribution in [2.45, 2.75) is 6.92 Å². The highest BCUT2D eigenvalue weighted by atomic mass is 16.5. The number of ether oxygens (including phenoxy) is 3. The van der Waals surface area contributed by atoms with Crippen molar-refractivity contribution in [1.29, 1.82) is 0 Å². The van der Waals surface area contributed by atoms with Gasteiger partial charge in [-0.3, -0.25) is 4.79 Å². The van der Waals surface area contributed by atoms with Crippen molar-refractivity contribution in [2.75, 3.05) is 19.0 Å². The third kappa shape index (κ3) is 4.17. The molecule has 1 N–H and O–H groups in total. The number of allylic oxidation sites excluding steroid dienone is 1. The second-order valence-corrected chi connectivity index (χ2v) is 5.63. The molecule has 0 atom stereocenters. The van der Waals surface area contributed by atoms with Crippen LogP contribution in [0.4, 0.5) is 5.69 Å². The number of hydrogen-bond donors (Lipinski definition) is 1. The first-order valence-electron chi connectivity index (χ1n) is 8.44. The minimum absolute atomic E-state index is 0.0322. The number of esters is 1. The lowest BCUT2D eigenvalue weighted by Crippen LogP contribution is -2.16. The van der Waals surface area contributed by atoms with Gasteiger partial charge in [0, 0.05) is 5.69 Å². The Morgan fingerprint density at radius 1 is 1.15 bits per heavy atom. The maximum absolute atomic E-state index is 12.8. The summed E-state index contributed by atoms with van der Waals surface area (Å²) in [6, 6.07) is 16.3. The van der Waals surface area contributed by atoms with Crippen LogP contribution in [0.1, 0.15) is 12.5 Å². The number of anilines is 1. The number of carbonyl (C=O) groups excluding carboxylic acids is 2. The van der Waals surface area contributed by atoms with Crippen LogP contribution < -0.4 is 10.1 Å². The number of Topliss-reactive ketones (excluding diaryl/α,β-unsaturated/α-hetero) is 1. The molecule has 0 unspecified atom stereocenters. The van der Waals surface area contributed by atoms with Gasteiger partial charge in [0.25, 0.3) is 0 Å². The number of nitrogens with one attached hydrogen (secondary N) is 1. The zero-order valence-electron chi connectivity index (χ0n) is 15.0. The second kappa shape index (κ2) is 8.23. The van der Waals surface area contributed by atoms with Crippen LogP contribution in [0.15, 0.2) is 71.8 Å². The first kappa shape index (κ1) is 18.3. The number of rotatable bonds is 6. The number of carbonyl (C=O) groups is 2. The van der Waals surface area contributed by atoms with Gasteiger partial charge in [0.15, 0.2) is 11.3 Å². The molecule has 138 valence electrons. The summed E-state index contributed by atoms with van der Waals surface area (Å²) in [7, 11) is 1.56. The van der Waals surface area contributed by atoms with Crippen molar-refractivity contribution in [1.82, 2.24) is 0 Å². The molecule has 0 amide bonds. The summed E-state index contributed by atoms with van der Waals surface area (Å²) >= 11 is 0. The van der Waals surface area contributed by atoms with Gasteiger partial charge >= 0.3 is 5.97 Å². The lowest BCUT2D eigenvalue weighted by atomic mass is 10.1. The average molecular weight is 365 g/mol. The Morgan fingerprint density at radius 3 is 2.63 bits per heavy atom. The maximum Gasteiger partial charge on any atom is 0.347 e. The van der Waals surface area contributed by atoms with Crippen molar-refractivity contribution in [3.8, 4) is 5.75 Å². The fourth-order valence-corrected chi connectivity index (χ4v) is 2.54. The van der Waals surface area contributed by atoms with E-state index >= 15 is 0 Å². The number of hydrogen-bond acceptors (Lipinski definition) is 6. The van der Waals surface area contributed by atoms with Crippen LogP contribution in [0.5, 0.6) is 5.75 Å². The van der Waals surface area contributed by atoms with Gasteiger partial charge in [-0.25, -0.2) is 4.79 Å². The van der Waals surface area contributed by atoms with E-state index in [0.717, 1.165) is 0 Å². The summed E-state index contributed by atoms with van der Waals surface area (Å²) in [5.41, 5.74) is 1.24. The summed E-state index contributed by atoms with van der Waals surface area (Å²) in [6.07, 6.45) is 1.56. The maximum atomic E-state index is 12.8. The fourth-order valence-electron chi connectivity index (χ4n) is 2.54. The molecule has 6 nitrogen and oxygen atoms in total. The first-order chi connectivity index (χ1) is 13.1. The molecule has 0 bridgehead atoms. The van der Waals surface area contributed by atoms with Crippen LogP contribution in [0.3, 0.4) is 0 Å². The van der Waals surface area contributed by atoms with Crippen LogP contribution in [-0.4, -0.2) is 25.5 Å². The van der Waals surface area contributed by atoms with Gasteiger partial charge in [-0.2, -0.15) is 0 Å². The quantitative estimate of drug-likeness (QED) is 0.480. The van der Waals surface area contributed by atoms with Gasteiger partial charge in [-0.1, -0.05) is 30.3 Å². The van der Waals surface area contributed by atoms with Gasteiger partial charge in [0.2, 0.25) is 11.7 Å². The minimum Gasteiger partial charge on any atom is -0.497 e. The van der Waals surface area contributed by atoms with Crippen molar-refractivity contribution in [3.05, 3.63) is 77.4 Å². The summed E-state index contributed by atoms with van der Waals surface area (Å²) < 4.78 is 15.9. The smallest absolute Gasteiger partial charge is 0.347 e. The van der Waals surface area contributed by atoms with E-state index in [1.165, 1.54) is 0 Å². The summed E-state index contributed by atoms with van der Waals surface area (Å²) in [5.74, 6) is -0.524. The van der Waals surface area contributed by atoms with E-state index in [1.54, 1.807) is 56.5 Å². The monoisotopic (exact) mass is 365 g/mol. The van der Waals surface area contributed by atoms with Crippen molar-refractivity contribution >= 4 is 23.5 Å². The molecule has 6 heteroatoms. The standard InChI is InChI=1S/C21H19NO5/c1-3-26-21(24)18-19(23)17(13-14-8-7-11-16(12-14)25-2)27-20(18)22-15-9-5-4-6-10-15/h4-13,22H,3H2,1-2H3. The molecule has 0 fully saturated rings. The minimum atomic E-state index is -0.727. The third-order valence-corrected chi connectivity index (χ3v) is 3.79. The van der Waals surface area contributed by atoms with Gasteiger partial charge in [0.05, 0.1) is 13.7 Å². The van der Waals surface area contributed by atoms with E-state index in [9.17, 15) is 9.59 Å². The lowest BCUT2D eigenvalue weighted by Gasteiger charge is -2.08. The molecule has 0 aliphatic carbocycles. The van der Waals surface area contributed by atoms with Gasteiger partial charge in [-0.05, 0) is 42.8 Å². The highest BCUT2D eigenvalue weighted by Gasteiger charge is 2.36. The molecule has 2 aromatic carbocycles. The van der Waals surface area contributed by atoms with Crippen LogP contribution in [0.2, 0.25) is 0 Å². The predicted octanol–water partition coefficient (Wildman–Crippen LogP) is 3.52. The molecule has 3 rings (SSSR count). The molecule has 0 radical (unpaired) electrons. The molecule has 0 saturated heterocycles. The predicted molar refractivity (Wildman–Crippen MR) is 101 cm³/mol. The molecule has 1 aliphatic rings. The average Bonchev–Trinajstić information content (AvgIpc) is 2.98. The van der Waals surface area contributed by atoms with Crippen molar-refractivity contribution in [2.24, 2.45) is 0 Å². The van der Waals surface area contributed by atoms with E-state index in [1.807, 2.05) is 18.2 Å². The number of para-hydroxylation sites is 1. The van der Waals surface area contributed by atoms with Crippen molar-refractivity contribution < 1.29 is 23.8 Å². The van der Waals surface area contributed by atoms with E-state index in [2.05, 4.69) is 5.32 Å². The Morgan fingerprint density at radius 2 is 1.93 bits per heavy atom. The van der Waals surface area contributed by atoms with Gasteiger partial charge < -0.3 is 19.5 Å². The van der Waals surface area contributed by atoms with E-state index < -0.39 is 11.8 Å².